The van der Waals surface area contributed by atoms with Gasteiger partial charge in [-0.25, -0.2) is 0 Å². The van der Waals surface area contributed by atoms with Crippen LogP contribution >= 0.6 is 0 Å². The zero-order valence-corrected chi connectivity index (χ0v) is 10.7. The van der Waals surface area contributed by atoms with Gasteiger partial charge in [0, 0.05) is 12.6 Å². The van der Waals surface area contributed by atoms with Gasteiger partial charge in [-0.15, -0.1) is 0 Å². The number of hydrogen-bond donors (Lipinski definition) is 1. The number of nitrogens with one attached hydrogen (secondary N) is 1. The van der Waals surface area contributed by atoms with Crippen LogP contribution in [0.15, 0.2) is 16.9 Å². The Hall–Kier alpha value is -1.62. The number of likely N-dealkylation sites (N-methyl/N-ethyl adjacent to an activating group) is 1. The molecule has 5 nitrogen and oxygen atoms in total. The van der Waals surface area contributed by atoms with Gasteiger partial charge < -0.3 is 10.2 Å². The first kappa shape index (κ1) is 11.5. The Morgan fingerprint density at radius 2 is 2.11 bits per heavy atom. The third-order valence-electron chi connectivity index (χ3n) is 3.94. The molecule has 1 spiro atoms. The summed E-state index contributed by atoms with van der Waals surface area (Å²) in [6, 6.07) is 3.27. The molecule has 1 fully saturated rings. The number of aromatic nitrogens is 1. The lowest BCUT2D eigenvalue weighted by molar-refractivity contribution is 0.0755. The lowest BCUT2D eigenvalue weighted by Gasteiger charge is -2.39. The molecular formula is C13H17N3O2. The van der Waals surface area contributed by atoms with Crippen LogP contribution in [0.5, 0.6) is 0 Å². The molecule has 18 heavy (non-hydrogen) atoms. The molecule has 1 aromatic heterocycles. The highest BCUT2D eigenvalue weighted by Crippen LogP contribution is 2.31. The molecule has 0 aromatic carbocycles. The molecule has 3 rings (SSSR count). The van der Waals surface area contributed by atoms with Crippen LogP contribution in [0, 0.1) is 6.92 Å². The maximum atomic E-state index is 12.1. The molecular weight excluding hydrogens is 230 g/mol. The van der Waals surface area contributed by atoms with Gasteiger partial charge in [-0.2, -0.15) is 0 Å². The Labute approximate surface area is 105 Å². The average molecular weight is 247 g/mol. The van der Waals surface area contributed by atoms with E-state index in [1.807, 2.05) is 14.0 Å². The Kier molecular flexibility index (Phi) is 2.35. The average Bonchev–Trinajstić information content (AvgIpc) is 2.58. The third kappa shape index (κ3) is 1.43. The Morgan fingerprint density at radius 3 is 2.83 bits per heavy atom. The second kappa shape index (κ2) is 3.68. The van der Waals surface area contributed by atoms with E-state index in [1.54, 1.807) is 16.7 Å². The number of piperidine rings is 1. The maximum absolute atomic E-state index is 12.1. The van der Waals surface area contributed by atoms with Crippen LogP contribution in [-0.2, 0) is 5.66 Å². The number of hydrogen-bond acceptors (Lipinski definition) is 3. The van der Waals surface area contributed by atoms with Crippen molar-refractivity contribution in [1.29, 1.82) is 0 Å². The van der Waals surface area contributed by atoms with Gasteiger partial charge in [-0.3, -0.25) is 14.2 Å². The van der Waals surface area contributed by atoms with Gasteiger partial charge in [-0.1, -0.05) is 6.07 Å². The van der Waals surface area contributed by atoms with E-state index in [0.29, 0.717) is 12.2 Å². The first-order valence-corrected chi connectivity index (χ1v) is 6.28. The van der Waals surface area contributed by atoms with Crippen molar-refractivity contribution in [3.8, 4) is 0 Å². The van der Waals surface area contributed by atoms with Crippen molar-refractivity contribution >= 4 is 5.91 Å². The van der Waals surface area contributed by atoms with Gasteiger partial charge in [0.15, 0.2) is 0 Å². The minimum Gasteiger partial charge on any atom is -0.326 e. The lowest BCUT2D eigenvalue weighted by atomic mass is 9.98. The molecule has 2 aliphatic heterocycles. The zero-order chi connectivity index (χ0) is 12.9. The molecule has 1 atom stereocenters. The summed E-state index contributed by atoms with van der Waals surface area (Å²) in [5.41, 5.74) is 0.752. The van der Waals surface area contributed by atoms with Crippen molar-refractivity contribution in [2.45, 2.75) is 25.4 Å². The lowest BCUT2D eigenvalue weighted by Crippen LogP contribution is -2.56. The SMILES string of the molecule is Cc1ccc(=O)n2c1C(=O)NC21CCCN(C)C1. The van der Waals surface area contributed by atoms with Crippen LogP contribution in [0.25, 0.3) is 0 Å². The smallest absolute Gasteiger partial charge is 0.270 e. The fraction of sp³-hybridized carbons (Fsp3) is 0.538. The summed E-state index contributed by atoms with van der Waals surface area (Å²) in [6.45, 7) is 3.57. The second-order valence-corrected chi connectivity index (χ2v) is 5.37. The first-order chi connectivity index (χ1) is 8.53. The largest absolute Gasteiger partial charge is 0.326 e. The molecule has 1 N–H and O–H groups in total. The van der Waals surface area contributed by atoms with Gasteiger partial charge in [0.2, 0.25) is 0 Å². The molecule has 2 aliphatic rings. The van der Waals surface area contributed by atoms with E-state index in [1.165, 1.54) is 0 Å². The number of amides is 1. The molecule has 0 saturated carbocycles. The van der Waals surface area contributed by atoms with Crippen molar-refractivity contribution < 1.29 is 4.79 Å². The zero-order valence-electron chi connectivity index (χ0n) is 10.7. The van der Waals surface area contributed by atoms with Gasteiger partial charge in [0.25, 0.3) is 11.5 Å². The summed E-state index contributed by atoms with van der Waals surface area (Å²) < 4.78 is 1.67. The summed E-state index contributed by atoms with van der Waals surface area (Å²) in [4.78, 5) is 26.4. The van der Waals surface area contributed by atoms with E-state index in [0.717, 1.165) is 24.9 Å². The minimum absolute atomic E-state index is 0.0933. The van der Waals surface area contributed by atoms with Crippen molar-refractivity contribution in [2.75, 3.05) is 20.1 Å². The van der Waals surface area contributed by atoms with Crippen LogP contribution < -0.4 is 10.9 Å². The molecule has 0 aliphatic carbocycles. The highest BCUT2D eigenvalue weighted by Gasteiger charge is 2.45. The summed E-state index contributed by atoms with van der Waals surface area (Å²) in [6.07, 6.45) is 1.80. The topological polar surface area (TPSA) is 54.3 Å². The summed E-state index contributed by atoms with van der Waals surface area (Å²) in [7, 11) is 2.02. The van der Waals surface area contributed by atoms with Crippen LogP contribution in [0.1, 0.15) is 28.9 Å². The Bertz CT molecular complexity index is 578. The molecule has 1 aromatic rings. The molecule has 0 radical (unpaired) electrons. The van der Waals surface area contributed by atoms with E-state index in [9.17, 15) is 9.59 Å². The summed E-state index contributed by atoms with van der Waals surface area (Å²) in [5.74, 6) is -0.125. The summed E-state index contributed by atoms with van der Waals surface area (Å²) >= 11 is 0. The molecule has 1 amide bonds. The predicted octanol–water partition coefficient (Wildman–Crippen LogP) is 0.279. The van der Waals surface area contributed by atoms with Gasteiger partial charge in [0.05, 0.1) is 0 Å². The highest BCUT2D eigenvalue weighted by atomic mass is 16.2. The molecule has 1 unspecified atom stereocenters. The van der Waals surface area contributed by atoms with Crippen LogP contribution in [0.3, 0.4) is 0 Å². The number of likely N-dealkylation sites (tertiary alicyclic amines) is 1. The summed E-state index contributed by atoms with van der Waals surface area (Å²) in [5, 5.41) is 3.03. The first-order valence-electron chi connectivity index (χ1n) is 6.28. The van der Waals surface area contributed by atoms with Crippen LogP contribution in [0.4, 0.5) is 0 Å². The van der Waals surface area contributed by atoms with Gasteiger partial charge in [-0.05, 0) is 38.9 Å². The van der Waals surface area contributed by atoms with Crippen molar-refractivity contribution in [3.63, 3.8) is 0 Å². The molecule has 5 heteroatoms. The van der Waals surface area contributed by atoms with E-state index in [-0.39, 0.29) is 11.5 Å². The van der Waals surface area contributed by atoms with Crippen molar-refractivity contribution in [2.24, 2.45) is 0 Å². The van der Waals surface area contributed by atoms with E-state index < -0.39 is 5.66 Å². The second-order valence-electron chi connectivity index (χ2n) is 5.37. The van der Waals surface area contributed by atoms with Gasteiger partial charge >= 0.3 is 0 Å². The van der Waals surface area contributed by atoms with Crippen molar-refractivity contribution in [3.05, 3.63) is 33.7 Å². The Morgan fingerprint density at radius 1 is 1.33 bits per heavy atom. The number of carbonyl (C=O) groups excluding carboxylic acids is 1. The normalized spacial score (nSPS) is 27.3. The number of fused-ring (bicyclic) bond motifs is 2. The standard InChI is InChI=1S/C13H17N3O2/c1-9-4-5-10(17)16-11(9)12(18)14-13(16)6-3-7-15(2)8-13/h4-5H,3,6-8H2,1-2H3,(H,14,18). The molecule has 0 bridgehead atoms. The molecule has 96 valence electrons. The van der Waals surface area contributed by atoms with Crippen LogP contribution in [0.2, 0.25) is 0 Å². The van der Waals surface area contributed by atoms with E-state index >= 15 is 0 Å². The number of pyridine rings is 1. The monoisotopic (exact) mass is 247 g/mol. The Balaban J connectivity index is 2.22. The number of carbonyl (C=O) groups is 1. The van der Waals surface area contributed by atoms with E-state index in [2.05, 4.69) is 10.2 Å². The number of rotatable bonds is 0. The molecule has 3 heterocycles. The fourth-order valence-corrected chi connectivity index (χ4v) is 3.20. The quantitative estimate of drug-likeness (QED) is 0.716. The number of nitrogens with zero attached hydrogens (tertiary/aromatic N) is 2. The van der Waals surface area contributed by atoms with Crippen molar-refractivity contribution in [1.82, 2.24) is 14.8 Å². The van der Waals surface area contributed by atoms with Crippen LogP contribution in [-0.4, -0.2) is 35.5 Å². The third-order valence-corrected chi connectivity index (χ3v) is 3.94. The highest BCUT2D eigenvalue weighted by molar-refractivity contribution is 5.96. The maximum Gasteiger partial charge on any atom is 0.270 e. The van der Waals surface area contributed by atoms with E-state index in [4.69, 9.17) is 0 Å². The fourth-order valence-electron chi connectivity index (χ4n) is 3.20. The predicted molar refractivity (Wildman–Crippen MR) is 67.6 cm³/mol. The number of aryl methyl sites for hydroxylation is 1. The van der Waals surface area contributed by atoms with Gasteiger partial charge in [0.1, 0.15) is 11.4 Å². The molecule has 1 saturated heterocycles. The minimum atomic E-state index is -0.539.